The summed E-state index contributed by atoms with van der Waals surface area (Å²) < 4.78 is 9.77. The molecule has 0 heterocycles. The van der Waals surface area contributed by atoms with Crippen LogP contribution in [0.1, 0.15) is 13.8 Å². The molecule has 14 heavy (non-hydrogen) atoms. The molecule has 0 saturated carbocycles. The van der Waals surface area contributed by atoms with Crippen molar-refractivity contribution in [3.05, 3.63) is 0 Å². The highest BCUT2D eigenvalue weighted by atomic mass is 16.5. The van der Waals surface area contributed by atoms with Crippen molar-refractivity contribution in [1.82, 2.24) is 5.32 Å². The summed E-state index contributed by atoms with van der Waals surface area (Å²) in [6.45, 7) is 4.04. The Hall–Kier alpha value is -0.650. The van der Waals surface area contributed by atoms with Gasteiger partial charge in [-0.3, -0.25) is 10.1 Å². The van der Waals surface area contributed by atoms with E-state index in [0.717, 1.165) is 0 Å². The third kappa shape index (κ3) is 4.04. The molecule has 0 aliphatic heterocycles. The Morgan fingerprint density at radius 1 is 1.50 bits per heavy atom. The van der Waals surface area contributed by atoms with Crippen molar-refractivity contribution in [3.63, 3.8) is 0 Å². The second-order valence-electron chi connectivity index (χ2n) is 3.57. The number of carbonyl (C=O) groups is 1. The van der Waals surface area contributed by atoms with Crippen molar-refractivity contribution in [2.75, 3.05) is 27.4 Å². The van der Waals surface area contributed by atoms with Gasteiger partial charge < -0.3 is 14.6 Å². The summed E-state index contributed by atoms with van der Waals surface area (Å²) >= 11 is 0. The van der Waals surface area contributed by atoms with Gasteiger partial charge in [-0.15, -0.1) is 0 Å². The molecule has 84 valence electrons. The van der Waals surface area contributed by atoms with Crippen LogP contribution in [0.15, 0.2) is 0 Å². The molecule has 2 N–H and O–H groups in total. The van der Waals surface area contributed by atoms with E-state index in [1.807, 2.05) is 6.92 Å². The van der Waals surface area contributed by atoms with Crippen LogP contribution in [-0.4, -0.2) is 50.1 Å². The van der Waals surface area contributed by atoms with E-state index in [-0.39, 0.29) is 12.6 Å². The van der Waals surface area contributed by atoms with Crippen LogP contribution in [0.3, 0.4) is 0 Å². The zero-order valence-corrected chi connectivity index (χ0v) is 9.16. The SMILES string of the molecule is COCC(C)NC(C)(COC)C(=O)O. The van der Waals surface area contributed by atoms with E-state index in [1.165, 1.54) is 7.11 Å². The average Bonchev–Trinajstić information content (AvgIpc) is 2.04. The molecular formula is C9H19NO4. The van der Waals surface area contributed by atoms with Crippen LogP contribution < -0.4 is 5.32 Å². The Kier molecular flexibility index (Phi) is 5.68. The number of carboxylic acids is 1. The van der Waals surface area contributed by atoms with Crippen molar-refractivity contribution in [2.45, 2.75) is 25.4 Å². The molecular weight excluding hydrogens is 186 g/mol. The first-order valence-electron chi connectivity index (χ1n) is 4.45. The summed E-state index contributed by atoms with van der Waals surface area (Å²) in [5.41, 5.74) is -1.06. The molecule has 5 nitrogen and oxygen atoms in total. The summed E-state index contributed by atoms with van der Waals surface area (Å²) in [7, 11) is 3.05. The second-order valence-corrected chi connectivity index (χ2v) is 3.57. The minimum absolute atomic E-state index is 0.0312. The van der Waals surface area contributed by atoms with E-state index >= 15 is 0 Å². The van der Waals surface area contributed by atoms with Crippen LogP contribution in [0.25, 0.3) is 0 Å². The third-order valence-electron chi connectivity index (χ3n) is 1.89. The quantitative estimate of drug-likeness (QED) is 0.617. The van der Waals surface area contributed by atoms with E-state index in [4.69, 9.17) is 14.6 Å². The molecule has 0 aliphatic rings. The number of hydrogen-bond donors (Lipinski definition) is 2. The lowest BCUT2D eigenvalue weighted by Crippen LogP contribution is -2.57. The van der Waals surface area contributed by atoms with Gasteiger partial charge in [-0.1, -0.05) is 0 Å². The summed E-state index contributed by atoms with van der Waals surface area (Å²) in [6, 6.07) is -0.0312. The van der Waals surface area contributed by atoms with Crippen molar-refractivity contribution in [1.29, 1.82) is 0 Å². The van der Waals surface area contributed by atoms with Gasteiger partial charge in [0.1, 0.15) is 5.54 Å². The fourth-order valence-corrected chi connectivity index (χ4v) is 1.29. The fraction of sp³-hybridized carbons (Fsp3) is 0.889. The predicted molar refractivity (Wildman–Crippen MR) is 52.4 cm³/mol. The number of ether oxygens (including phenoxy) is 2. The largest absolute Gasteiger partial charge is 0.480 e. The number of methoxy groups -OCH3 is 2. The highest BCUT2D eigenvalue weighted by Crippen LogP contribution is 2.06. The Morgan fingerprint density at radius 3 is 2.43 bits per heavy atom. The van der Waals surface area contributed by atoms with Crippen LogP contribution in [0.4, 0.5) is 0 Å². The van der Waals surface area contributed by atoms with E-state index in [9.17, 15) is 4.79 Å². The number of nitrogens with one attached hydrogen (secondary N) is 1. The Labute approximate surface area is 84.4 Å². The van der Waals surface area contributed by atoms with Crippen molar-refractivity contribution >= 4 is 5.97 Å². The van der Waals surface area contributed by atoms with Gasteiger partial charge in [-0.2, -0.15) is 0 Å². The zero-order chi connectivity index (χ0) is 11.2. The first-order chi connectivity index (χ1) is 6.46. The summed E-state index contributed by atoms with van der Waals surface area (Å²) in [4.78, 5) is 11.0. The molecule has 0 saturated heterocycles. The van der Waals surface area contributed by atoms with Crippen molar-refractivity contribution in [3.8, 4) is 0 Å². The fourth-order valence-electron chi connectivity index (χ4n) is 1.29. The maximum Gasteiger partial charge on any atom is 0.326 e. The maximum atomic E-state index is 11.0. The molecule has 2 unspecified atom stereocenters. The average molecular weight is 205 g/mol. The van der Waals surface area contributed by atoms with Crippen molar-refractivity contribution in [2.24, 2.45) is 0 Å². The minimum atomic E-state index is -1.06. The molecule has 0 spiro atoms. The molecule has 0 radical (unpaired) electrons. The third-order valence-corrected chi connectivity index (χ3v) is 1.89. The van der Waals surface area contributed by atoms with Gasteiger partial charge >= 0.3 is 5.97 Å². The van der Waals surface area contributed by atoms with E-state index in [1.54, 1.807) is 14.0 Å². The number of carboxylic acid groups (broad SMARTS) is 1. The first kappa shape index (κ1) is 13.4. The second kappa shape index (κ2) is 5.95. The number of rotatable bonds is 7. The first-order valence-corrected chi connectivity index (χ1v) is 4.45. The van der Waals surface area contributed by atoms with Crippen LogP contribution in [-0.2, 0) is 14.3 Å². The Bertz CT molecular complexity index is 186. The lowest BCUT2D eigenvalue weighted by atomic mass is 10.0. The molecule has 0 amide bonds. The molecule has 0 bridgehead atoms. The minimum Gasteiger partial charge on any atom is -0.480 e. The van der Waals surface area contributed by atoms with Gasteiger partial charge in [0.2, 0.25) is 0 Å². The maximum absolute atomic E-state index is 11.0. The summed E-state index contributed by atoms with van der Waals surface area (Å²) in [5, 5.41) is 11.9. The molecule has 5 heteroatoms. The van der Waals surface area contributed by atoms with Gasteiger partial charge in [-0.05, 0) is 13.8 Å². The molecule has 0 rings (SSSR count). The van der Waals surface area contributed by atoms with Gasteiger partial charge in [0.15, 0.2) is 0 Å². The lowest BCUT2D eigenvalue weighted by molar-refractivity contribution is -0.147. The Balaban J connectivity index is 4.28. The molecule has 2 atom stereocenters. The van der Waals surface area contributed by atoms with E-state index in [2.05, 4.69) is 5.32 Å². The molecule has 0 aromatic carbocycles. The van der Waals surface area contributed by atoms with Crippen LogP contribution in [0, 0.1) is 0 Å². The van der Waals surface area contributed by atoms with E-state index < -0.39 is 11.5 Å². The van der Waals surface area contributed by atoms with E-state index in [0.29, 0.717) is 6.61 Å². The highest BCUT2D eigenvalue weighted by Gasteiger charge is 2.34. The van der Waals surface area contributed by atoms with Gasteiger partial charge in [-0.25, -0.2) is 0 Å². The van der Waals surface area contributed by atoms with Crippen LogP contribution in [0.2, 0.25) is 0 Å². The zero-order valence-electron chi connectivity index (χ0n) is 9.16. The smallest absolute Gasteiger partial charge is 0.326 e. The van der Waals surface area contributed by atoms with Gasteiger partial charge in [0.05, 0.1) is 13.2 Å². The molecule has 0 fully saturated rings. The van der Waals surface area contributed by atoms with Gasteiger partial charge in [0.25, 0.3) is 0 Å². The molecule has 0 aromatic rings. The topological polar surface area (TPSA) is 67.8 Å². The normalized spacial score (nSPS) is 17.4. The Morgan fingerprint density at radius 2 is 2.07 bits per heavy atom. The summed E-state index contributed by atoms with van der Waals surface area (Å²) in [6.07, 6.45) is 0. The monoisotopic (exact) mass is 205 g/mol. The van der Waals surface area contributed by atoms with Crippen molar-refractivity contribution < 1.29 is 19.4 Å². The lowest BCUT2D eigenvalue weighted by Gasteiger charge is -2.28. The van der Waals surface area contributed by atoms with Crippen LogP contribution in [0.5, 0.6) is 0 Å². The number of aliphatic carboxylic acids is 1. The van der Waals surface area contributed by atoms with Crippen LogP contribution >= 0.6 is 0 Å². The number of hydrogen-bond acceptors (Lipinski definition) is 4. The van der Waals surface area contributed by atoms with Gasteiger partial charge in [0, 0.05) is 20.3 Å². The predicted octanol–water partition coefficient (Wildman–Crippen LogP) is 0.101. The summed E-state index contributed by atoms with van der Waals surface area (Å²) in [5.74, 6) is -0.928. The highest BCUT2D eigenvalue weighted by molar-refractivity contribution is 5.78. The standard InChI is InChI=1S/C9H19NO4/c1-7(5-13-3)10-9(2,6-14-4)8(11)12/h7,10H,5-6H2,1-4H3,(H,11,12). The molecule has 0 aromatic heterocycles. The molecule has 0 aliphatic carbocycles.